The van der Waals surface area contributed by atoms with Crippen molar-refractivity contribution in [1.82, 2.24) is 5.32 Å². The number of hydrogen-bond acceptors (Lipinski definition) is 1. The van der Waals surface area contributed by atoms with Gasteiger partial charge in [0.1, 0.15) is 7.85 Å². The van der Waals surface area contributed by atoms with Crippen LogP contribution in [0.2, 0.25) is 5.82 Å². The standard InChI is InChI=1S/C7H14BNO/c1-4(2)9-7(10)5-3-6(5)8/h4-6H,3,8H2,1-2H3,(H,9,10). The quantitative estimate of drug-likeness (QED) is 0.534. The van der Waals surface area contributed by atoms with Gasteiger partial charge >= 0.3 is 0 Å². The van der Waals surface area contributed by atoms with Gasteiger partial charge in [0.2, 0.25) is 5.91 Å². The highest BCUT2D eigenvalue weighted by molar-refractivity contribution is 6.16. The van der Waals surface area contributed by atoms with Crippen molar-refractivity contribution in [3.05, 3.63) is 0 Å². The van der Waals surface area contributed by atoms with Crippen LogP contribution in [0, 0.1) is 5.92 Å². The van der Waals surface area contributed by atoms with Crippen LogP contribution in [0.4, 0.5) is 0 Å². The van der Waals surface area contributed by atoms with E-state index in [9.17, 15) is 4.79 Å². The molecule has 3 heteroatoms. The molecule has 1 aliphatic carbocycles. The molecule has 56 valence electrons. The van der Waals surface area contributed by atoms with Crippen molar-refractivity contribution in [3.8, 4) is 0 Å². The van der Waals surface area contributed by atoms with E-state index in [1.807, 2.05) is 13.8 Å². The van der Waals surface area contributed by atoms with E-state index in [4.69, 9.17) is 0 Å². The van der Waals surface area contributed by atoms with Gasteiger partial charge in [0.05, 0.1) is 0 Å². The van der Waals surface area contributed by atoms with Crippen molar-refractivity contribution in [2.75, 3.05) is 0 Å². The van der Waals surface area contributed by atoms with Gasteiger partial charge in [-0.25, -0.2) is 0 Å². The van der Waals surface area contributed by atoms with Gasteiger partial charge in [-0.2, -0.15) is 0 Å². The van der Waals surface area contributed by atoms with Gasteiger partial charge in [-0.1, -0.05) is 5.82 Å². The van der Waals surface area contributed by atoms with Crippen LogP contribution in [0.25, 0.3) is 0 Å². The fraction of sp³-hybridized carbons (Fsp3) is 0.857. The third kappa shape index (κ3) is 1.76. The average molecular weight is 139 g/mol. The molecule has 1 fully saturated rings. The molecule has 0 aromatic carbocycles. The summed E-state index contributed by atoms with van der Waals surface area (Å²) in [5.74, 6) is 1.18. The Bertz CT molecular complexity index is 147. The second-order valence-corrected chi connectivity index (χ2v) is 3.48. The average Bonchev–Trinajstić information content (AvgIpc) is 2.44. The number of amides is 1. The van der Waals surface area contributed by atoms with Crippen LogP contribution in [-0.2, 0) is 4.79 Å². The Morgan fingerprint density at radius 3 is 2.50 bits per heavy atom. The molecule has 0 radical (unpaired) electrons. The summed E-state index contributed by atoms with van der Waals surface area (Å²) in [7, 11) is 2.12. The van der Waals surface area contributed by atoms with E-state index in [1.54, 1.807) is 0 Å². The van der Waals surface area contributed by atoms with E-state index in [1.165, 1.54) is 0 Å². The van der Waals surface area contributed by atoms with E-state index in [2.05, 4.69) is 13.2 Å². The Kier molecular flexibility index (Phi) is 2.02. The largest absolute Gasteiger partial charge is 0.354 e. The molecule has 2 nitrogen and oxygen atoms in total. The molecular formula is C7H14BNO. The zero-order valence-electron chi connectivity index (χ0n) is 6.85. The lowest BCUT2D eigenvalue weighted by molar-refractivity contribution is -0.122. The molecule has 1 amide bonds. The van der Waals surface area contributed by atoms with Crippen molar-refractivity contribution in [3.63, 3.8) is 0 Å². The van der Waals surface area contributed by atoms with Crippen LogP contribution < -0.4 is 5.32 Å². The van der Waals surface area contributed by atoms with Crippen molar-refractivity contribution in [1.29, 1.82) is 0 Å². The molecule has 0 heterocycles. The third-order valence-corrected chi connectivity index (χ3v) is 1.88. The van der Waals surface area contributed by atoms with Crippen molar-refractivity contribution < 1.29 is 4.79 Å². The minimum Gasteiger partial charge on any atom is -0.354 e. The lowest BCUT2D eigenvalue weighted by atomic mass is 10.00. The molecule has 1 rings (SSSR count). The van der Waals surface area contributed by atoms with Crippen molar-refractivity contribution in [2.45, 2.75) is 32.1 Å². The minimum absolute atomic E-state index is 0.238. The number of rotatable bonds is 2. The highest BCUT2D eigenvalue weighted by atomic mass is 16.2. The molecular weight excluding hydrogens is 125 g/mol. The van der Waals surface area contributed by atoms with Crippen LogP contribution >= 0.6 is 0 Å². The van der Waals surface area contributed by atoms with Gasteiger partial charge in [0.15, 0.2) is 0 Å². The molecule has 0 spiro atoms. The molecule has 0 aromatic rings. The van der Waals surface area contributed by atoms with Crippen molar-refractivity contribution in [2.24, 2.45) is 5.92 Å². The Labute approximate surface area is 62.8 Å². The zero-order valence-corrected chi connectivity index (χ0v) is 6.85. The van der Waals surface area contributed by atoms with E-state index in [0.29, 0.717) is 17.8 Å². The lowest BCUT2D eigenvalue weighted by Crippen LogP contribution is -2.31. The molecule has 2 unspecified atom stereocenters. The number of hydrogen-bond donors (Lipinski definition) is 1. The molecule has 10 heavy (non-hydrogen) atoms. The zero-order chi connectivity index (χ0) is 7.72. The summed E-state index contributed by atoms with van der Waals surface area (Å²) in [6.45, 7) is 3.98. The number of carbonyl (C=O) groups excluding carboxylic acids is 1. The summed E-state index contributed by atoms with van der Waals surface area (Å²) in [6.07, 6.45) is 1.08. The van der Waals surface area contributed by atoms with E-state index in [0.717, 1.165) is 6.42 Å². The third-order valence-electron chi connectivity index (χ3n) is 1.88. The molecule has 0 aromatic heterocycles. The monoisotopic (exact) mass is 139 g/mol. The summed E-state index contributed by atoms with van der Waals surface area (Å²) in [5, 5.41) is 2.90. The maximum atomic E-state index is 11.1. The van der Waals surface area contributed by atoms with Gasteiger partial charge in [-0.05, 0) is 20.3 Å². The van der Waals surface area contributed by atoms with E-state index in [-0.39, 0.29) is 5.91 Å². The summed E-state index contributed by atoms with van der Waals surface area (Å²) >= 11 is 0. The summed E-state index contributed by atoms with van der Waals surface area (Å²) in [5.41, 5.74) is 0. The van der Waals surface area contributed by atoms with Crippen LogP contribution in [-0.4, -0.2) is 19.8 Å². The number of carbonyl (C=O) groups is 1. The molecule has 1 aliphatic rings. The summed E-state index contributed by atoms with van der Waals surface area (Å²) < 4.78 is 0. The lowest BCUT2D eigenvalue weighted by Gasteiger charge is -2.06. The van der Waals surface area contributed by atoms with Gasteiger partial charge in [0, 0.05) is 12.0 Å². The summed E-state index contributed by atoms with van der Waals surface area (Å²) in [4.78, 5) is 11.1. The highest BCUT2D eigenvalue weighted by Gasteiger charge is 2.38. The van der Waals surface area contributed by atoms with Crippen molar-refractivity contribution >= 4 is 13.8 Å². The predicted molar refractivity (Wildman–Crippen MR) is 43.7 cm³/mol. The Morgan fingerprint density at radius 1 is 1.70 bits per heavy atom. The van der Waals surface area contributed by atoms with Crippen LogP contribution in [0.1, 0.15) is 20.3 Å². The molecule has 0 saturated heterocycles. The predicted octanol–water partition coefficient (Wildman–Crippen LogP) is -0.0475. The first-order valence-electron chi connectivity index (χ1n) is 3.91. The molecule has 0 bridgehead atoms. The molecule has 1 N–H and O–H groups in total. The topological polar surface area (TPSA) is 29.1 Å². The van der Waals surface area contributed by atoms with Gasteiger partial charge in [-0.15, -0.1) is 0 Å². The second-order valence-electron chi connectivity index (χ2n) is 3.48. The Morgan fingerprint density at radius 2 is 2.20 bits per heavy atom. The Hall–Kier alpha value is -0.465. The maximum Gasteiger partial charge on any atom is 0.222 e. The smallest absolute Gasteiger partial charge is 0.222 e. The number of nitrogens with one attached hydrogen (secondary N) is 1. The fourth-order valence-electron chi connectivity index (χ4n) is 1.08. The summed E-state index contributed by atoms with van der Waals surface area (Å²) in [6, 6.07) is 0.292. The maximum absolute atomic E-state index is 11.1. The van der Waals surface area contributed by atoms with Crippen LogP contribution in [0.5, 0.6) is 0 Å². The fourth-order valence-corrected chi connectivity index (χ4v) is 1.08. The van der Waals surface area contributed by atoms with Crippen LogP contribution in [0.15, 0.2) is 0 Å². The highest BCUT2D eigenvalue weighted by Crippen LogP contribution is 2.41. The Balaban J connectivity index is 2.23. The molecule has 2 atom stereocenters. The molecule has 1 saturated carbocycles. The first kappa shape index (κ1) is 7.64. The van der Waals surface area contributed by atoms with Gasteiger partial charge < -0.3 is 5.32 Å². The molecule has 0 aliphatic heterocycles. The normalized spacial score (nSPS) is 30.3. The van der Waals surface area contributed by atoms with Gasteiger partial charge in [-0.3, -0.25) is 4.79 Å². The van der Waals surface area contributed by atoms with Crippen LogP contribution in [0.3, 0.4) is 0 Å². The first-order chi connectivity index (χ1) is 4.61. The van der Waals surface area contributed by atoms with Gasteiger partial charge in [0.25, 0.3) is 0 Å². The first-order valence-corrected chi connectivity index (χ1v) is 3.91. The van der Waals surface area contributed by atoms with E-state index >= 15 is 0 Å². The van der Waals surface area contributed by atoms with E-state index < -0.39 is 0 Å². The SMILES string of the molecule is BC1CC1C(=O)NC(C)C. The second kappa shape index (κ2) is 2.65. The minimum atomic E-state index is 0.238.